The van der Waals surface area contributed by atoms with Gasteiger partial charge in [-0.15, -0.1) is 0 Å². The molecule has 2 atom stereocenters. The number of rotatable bonds is 6. The number of nitrogens with one attached hydrogen (secondary N) is 1. The van der Waals surface area contributed by atoms with Gasteiger partial charge < -0.3 is 20.2 Å². The Morgan fingerprint density at radius 2 is 2.08 bits per heavy atom. The minimum absolute atomic E-state index is 0.286. The fourth-order valence-corrected chi connectivity index (χ4v) is 2.67. The molecule has 1 aromatic carbocycles. The molecule has 0 aliphatic heterocycles. The summed E-state index contributed by atoms with van der Waals surface area (Å²) in [7, 11) is 1.48. The molecule has 25 heavy (non-hydrogen) atoms. The van der Waals surface area contributed by atoms with Crippen LogP contribution in [0, 0.1) is 5.92 Å². The zero-order valence-corrected chi connectivity index (χ0v) is 14.1. The summed E-state index contributed by atoms with van der Waals surface area (Å²) in [5.74, 6) is 2.25. The number of amides is 2. The SMILES string of the molecule is COc1ccc(C(N)=O)cc1NC(=O)/C=C/c1ccc([C@@H]2C[C@H]2C)o1. The van der Waals surface area contributed by atoms with Gasteiger partial charge in [0, 0.05) is 17.6 Å². The molecular formula is C19H20N2O4. The quantitative estimate of drug-likeness (QED) is 0.790. The molecule has 0 saturated heterocycles. The number of primary amides is 1. The van der Waals surface area contributed by atoms with E-state index in [0.29, 0.717) is 29.0 Å². The summed E-state index contributed by atoms with van der Waals surface area (Å²) >= 11 is 0. The maximum Gasteiger partial charge on any atom is 0.248 e. The van der Waals surface area contributed by atoms with E-state index in [0.717, 1.165) is 12.2 Å². The average Bonchev–Trinajstić information content (AvgIpc) is 3.13. The summed E-state index contributed by atoms with van der Waals surface area (Å²) in [4.78, 5) is 23.4. The number of furan rings is 1. The lowest BCUT2D eigenvalue weighted by atomic mass is 10.1. The summed E-state index contributed by atoms with van der Waals surface area (Å²) in [6.07, 6.45) is 4.12. The topological polar surface area (TPSA) is 94.6 Å². The maximum atomic E-state index is 12.1. The Hall–Kier alpha value is -3.02. The molecule has 3 N–H and O–H groups in total. The lowest BCUT2D eigenvalue weighted by Gasteiger charge is -2.09. The molecule has 6 heteroatoms. The lowest BCUT2D eigenvalue weighted by Crippen LogP contribution is -2.13. The number of benzene rings is 1. The van der Waals surface area contributed by atoms with Crippen molar-refractivity contribution in [3.05, 3.63) is 53.5 Å². The number of methoxy groups -OCH3 is 1. The highest BCUT2D eigenvalue weighted by atomic mass is 16.5. The van der Waals surface area contributed by atoms with Gasteiger partial charge in [-0.2, -0.15) is 0 Å². The molecular weight excluding hydrogens is 320 g/mol. The van der Waals surface area contributed by atoms with Crippen LogP contribution in [0.3, 0.4) is 0 Å². The summed E-state index contributed by atoms with van der Waals surface area (Å²) in [6.45, 7) is 2.18. The van der Waals surface area contributed by atoms with Gasteiger partial charge in [-0.25, -0.2) is 0 Å². The van der Waals surface area contributed by atoms with Crippen molar-refractivity contribution in [3.63, 3.8) is 0 Å². The first-order valence-electron chi connectivity index (χ1n) is 8.04. The molecule has 0 unspecified atom stereocenters. The predicted molar refractivity (Wildman–Crippen MR) is 94.4 cm³/mol. The van der Waals surface area contributed by atoms with Gasteiger partial charge in [0.2, 0.25) is 11.8 Å². The third kappa shape index (κ3) is 3.91. The van der Waals surface area contributed by atoms with E-state index in [9.17, 15) is 9.59 Å². The zero-order valence-electron chi connectivity index (χ0n) is 14.1. The van der Waals surface area contributed by atoms with E-state index in [4.69, 9.17) is 14.9 Å². The summed E-state index contributed by atoms with van der Waals surface area (Å²) in [5, 5.41) is 2.68. The third-order valence-electron chi connectivity index (χ3n) is 4.26. The van der Waals surface area contributed by atoms with Gasteiger partial charge in [-0.3, -0.25) is 9.59 Å². The Morgan fingerprint density at radius 1 is 1.32 bits per heavy atom. The molecule has 1 fully saturated rings. The van der Waals surface area contributed by atoms with Gasteiger partial charge in [-0.1, -0.05) is 6.92 Å². The number of anilines is 1. The second-order valence-electron chi connectivity index (χ2n) is 6.16. The molecule has 1 aliphatic rings. The minimum Gasteiger partial charge on any atom is -0.495 e. The van der Waals surface area contributed by atoms with Gasteiger partial charge in [-0.05, 0) is 48.7 Å². The fourth-order valence-electron chi connectivity index (χ4n) is 2.67. The van der Waals surface area contributed by atoms with Gasteiger partial charge in [0.05, 0.1) is 12.8 Å². The fraction of sp³-hybridized carbons (Fsp3) is 0.263. The van der Waals surface area contributed by atoms with Crippen LogP contribution in [0.4, 0.5) is 5.69 Å². The monoisotopic (exact) mass is 340 g/mol. The van der Waals surface area contributed by atoms with Crippen molar-refractivity contribution in [2.45, 2.75) is 19.3 Å². The van der Waals surface area contributed by atoms with Crippen LogP contribution < -0.4 is 15.8 Å². The standard InChI is InChI=1S/C19H20N2O4/c1-11-9-14(11)16-7-4-13(25-16)5-8-18(22)21-15-10-12(19(20)23)3-6-17(15)24-2/h3-8,10-11,14H,9H2,1-2H3,(H2,20,23)(H,21,22)/b8-5+/t11-,14-/m1/s1. The predicted octanol–water partition coefficient (Wildman–Crippen LogP) is 3.16. The molecule has 6 nitrogen and oxygen atoms in total. The van der Waals surface area contributed by atoms with Crippen molar-refractivity contribution in [2.75, 3.05) is 12.4 Å². The number of ether oxygens (including phenoxy) is 1. The molecule has 2 amide bonds. The van der Waals surface area contributed by atoms with Crippen molar-refractivity contribution in [3.8, 4) is 5.75 Å². The molecule has 0 radical (unpaired) electrons. The highest BCUT2D eigenvalue weighted by molar-refractivity contribution is 6.03. The van der Waals surface area contributed by atoms with E-state index in [1.807, 2.05) is 12.1 Å². The number of carbonyl (C=O) groups excluding carboxylic acids is 2. The second-order valence-corrected chi connectivity index (χ2v) is 6.16. The normalized spacial score (nSPS) is 19.0. The zero-order chi connectivity index (χ0) is 18.0. The van der Waals surface area contributed by atoms with Crippen molar-refractivity contribution >= 4 is 23.6 Å². The van der Waals surface area contributed by atoms with Gasteiger partial charge in [0.15, 0.2) is 0 Å². The van der Waals surface area contributed by atoms with Crippen LogP contribution >= 0.6 is 0 Å². The number of hydrogen-bond donors (Lipinski definition) is 2. The molecule has 0 spiro atoms. The van der Waals surface area contributed by atoms with E-state index >= 15 is 0 Å². The van der Waals surface area contributed by atoms with Gasteiger partial charge in [0.25, 0.3) is 0 Å². The maximum absolute atomic E-state index is 12.1. The molecule has 2 aromatic rings. The number of carbonyl (C=O) groups is 2. The first-order valence-corrected chi connectivity index (χ1v) is 8.04. The highest BCUT2D eigenvalue weighted by Crippen LogP contribution is 2.47. The van der Waals surface area contributed by atoms with Crippen molar-refractivity contribution < 1.29 is 18.7 Å². The van der Waals surface area contributed by atoms with E-state index in [1.165, 1.54) is 25.3 Å². The third-order valence-corrected chi connectivity index (χ3v) is 4.26. The van der Waals surface area contributed by atoms with E-state index in [2.05, 4.69) is 12.2 Å². The Kier molecular flexibility index (Phi) is 4.61. The number of nitrogens with two attached hydrogens (primary N) is 1. The number of hydrogen-bond acceptors (Lipinski definition) is 4. The Labute approximate surface area is 145 Å². The second kappa shape index (κ2) is 6.84. The molecule has 1 saturated carbocycles. The Bertz CT molecular complexity index is 838. The van der Waals surface area contributed by atoms with Crippen LogP contribution in [-0.2, 0) is 4.79 Å². The molecule has 0 bridgehead atoms. The molecule has 1 heterocycles. The first kappa shape index (κ1) is 16.8. The summed E-state index contributed by atoms with van der Waals surface area (Å²) in [5.41, 5.74) is 5.92. The molecule has 1 aromatic heterocycles. The van der Waals surface area contributed by atoms with Crippen LogP contribution in [0.1, 0.15) is 41.1 Å². The Balaban J connectivity index is 1.68. The molecule has 1 aliphatic carbocycles. The Morgan fingerprint density at radius 3 is 2.72 bits per heavy atom. The molecule has 3 rings (SSSR count). The van der Waals surface area contributed by atoms with Crippen LogP contribution in [0.2, 0.25) is 0 Å². The van der Waals surface area contributed by atoms with E-state index < -0.39 is 5.91 Å². The summed E-state index contributed by atoms with van der Waals surface area (Å²) < 4.78 is 10.9. The minimum atomic E-state index is -0.578. The summed E-state index contributed by atoms with van der Waals surface area (Å²) in [6, 6.07) is 8.39. The van der Waals surface area contributed by atoms with Crippen LogP contribution in [-0.4, -0.2) is 18.9 Å². The van der Waals surface area contributed by atoms with Gasteiger partial charge >= 0.3 is 0 Å². The van der Waals surface area contributed by atoms with Crippen LogP contribution in [0.25, 0.3) is 6.08 Å². The highest BCUT2D eigenvalue weighted by Gasteiger charge is 2.36. The van der Waals surface area contributed by atoms with E-state index in [1.54, 1.807) is 12.1 Å². The van der Waals surface area contributed by atoms with E-state index in [-0.39, 0.29) is 11.5 Å². The largest absolute Gasteiger partial charge is 0.495 e. The lowest BCUT2D eigenvalue weighted by molar-refractivity contribution is -0.111. The van der Waals surface area contributed by atoms with Crippen molar-refractivity contribution in [2.24, 2.45) is 11.7 Å². The van der Waals surface area contributed by atoms with Crippen molar-refractivity contribution in [1.29, 1.82) is 0 Å². The first-order chi connectivity index (χ1) is 12.0. The van der Waals surface area contributed by atoms with Gasteiger partial charge in [0.1, 0.15) is 17.3 Å². The molecule has 130 valence electrons. The average molecular weight is 340 g/mol. The van der Waals surface area contributed by atoms with Crippen molar-refractivity contribution in [1.82, 2.24) is 0 Å². The smallest absolute Gasteiger partial charge is 0.248 e. The van der Waals surface area contributed by atoms with Crippen LogP contribution in [0.15, 0.2) is 40.8 Å². The van der Waals surface area contributed by atoms with Crippen LogP contribution in [0.5, 0.6) is 5.75 Å².